The molecular formula is C18H26BrNO4. The number of nitrogens with one attached hydrogen (secondary N) is 1. The van der Waals surface area contributed by atoms with Gasteiger partial charge < -0.3 is 19.5 Å². The topological polar surface area (TPSA) is 56.8 Å². The van der Waals surface area contributed by atoms with Crippen molar-refractivity contribution < 1.29 is 19.0 Å². The van der Waals surface area contributed by atoms with Crippen molar-refractivity contribution in [2.24, 2.45) is 5.41 Å². The Morgan fingerprint density at radius 1 is 1.42 bits per heavy atom. The van der Waals surface area contributed by atoms with Crippen molar-refractivity contribution in [3.05, 3.63) is 28.2 Å². The first-order valence-electron chi connectivity index (χ1n) is 8.08. The summed E-state index contributed by atoms with van der Waals surface area (Å²) < 4.78 is 17.9. The van der Waals surface area contributed by atoms with Gasteiger partial charge >= 0.3 is 0 Å². The van der Waals surface area contributed by atoms with Gasteiger partial charge in [-0.2, -0.15) is 0 Å². The van der Waals surface area contributed by atoms with Crippen molar-refractivity contribution in [3.63, 3.8) is 0 Å². The lowest BCUT2D eigenvalue weighted by atomic mass is 9.97. The number of carbonyl (C=O) groups excluding carboxylic acids is 1. The standard InChI is InChI=1S/C18H26BrNO4/c1-17(2,3)11-20-16(21)12-6-7-14(19)15(8-12)22-9-13-10-23-18(4,5)24-13/h6-8,13H,9-11H2,1-5H3,(H,20,21). The Hall–Kier alpha value is -1.11. The normalized spacial score (nSPS) is 20.0. The minimum atomic E-state index is -0.569. The average Bonchev–Trinajstić information content (AvgIpc) is 2.82. The summed E-state index contributed by atoms with van der Waals surface area (Å²) in [6, 6.07) is 5.33. The van der Waals surface area contributed by atoms with Crippen LogP contribution in [0.1, 0.15) is 45.0 Å². The minimum Gasteiger partial charge on any atom is -0.490 e. The van der Waals surface area contributed by atoms with Gasteiger partial charge in [-0.25, -0.2) is 0 Å². The molecule has 0 bridgehead atoms. The monoisotopic (exact) mass is 399 g/mol. The summed E-state index contributed by atoms with van der Waals surface area (Å²) in [6.45, 7) is 11.5. The fraction of sp³-hybridized carbons (Fsp3) is 0.611. The first-order chi connectivity index (χ1) is 11.1. The molecule has 0 saturated carbocycles. The van der Waals surface area contributed by atoms with Crippen LogP contribution in [-0.2, 0) is 9.47 Å². The maximum atomic E-state index is 12.3. The molecule has 1 atom stereocenters. The van der Waals surface area contributed by atoms with Crippen molar-refractivity contribution in [2.75, 3.05) is 19.8 Å². The third kappa shape index (κ3) is 5.76. The summed E-state index contributed by atoms with van der Waals surface area (Å²) >= 11 is 3.45. The van der Waals surface area contributed by atoms with Gasteiger partial charge in [-0.1, -0.05) is 20.8 Å². The second-order valence-corrected chi connectivity index (χ2v) is 8.50. The van der Waals surface area contributed by atoms with Gasteiger partial charge in [0.15, 0.2) is 5.79 Å². The smallest absolute Gasteiger partial charge is 0.251 e. The number of ether oxygens (including phenoxy) is 3. The van der Waals surface area contributed by atoms with Crippen molar-refractivity contribution in [1.29, 1.82) is 0 Å². The number of amides is 1. The molecule has 1 aliphatic rings. The molecule has 1 unspecified atom stereocenters. The Balaban J connectivity index is 1.97. The predicted octanol–water partition coefficient (Wildman–Crippen LogP) is 3.76. The number of hydrogen-bond acceptors (Lipinski definition) is 4. The van der Waals surface area contributed by atoms with Gasteiger partial charge in [0.2, 0.25) is 0 Å². The van der Waals surface area contributed by atoms with Gasteiger partial charge in [0.1, 0.15) is 18.5 Å². The third-order valence-corrected chi connectivity index (χ3v) is 4.12. The molecule has 1 aliphatic heterocycles. The van der Waals surface area contributed by atoms with E-state index in [4.69, 9.17) is 14.2 Å². The molecular weight excluding hydrogens is 374 g/mol. The van der Waals surface area contributed by atoms with E-state index in [1.165, 1.54) is 0 Å². The van der Waals surface area contributed by atoms with Gasteiger partial charge in [-0.05, 0) is 53.4 Å². The molecule has 2 rings (SSSR count). The Labute approximate surface area is 152 Å². The highest BCUT2D eigenvalue weighted by Crippen LogP contribution is 2.28. The number of halogens is 1. The summed E-state index contributed by atoms with van der Waals surface area (Å²) in [6.07, 6.45) is -0.120. The second-order valence-electron chi connectivity index (χ2n) is 7.65. The number of benzene rings is 1. The molecule has 0 radical (unpaired) electrons. The van der Waals surface area contributed by atoms with E-state index in [-0.39, 0.29) is 17.4 Å². The van der Waals surface area contributed by atoms with E-state index in [0.717, 1.165) is 4.47 Å². The van der Waals surface area contributed by atoms with Crippen LogP contribution in [0.5, 0.6) is 5.75 Å². The molecule has 1 saturated heterocycles. The van der Waals surface area contributed by atoms with Gasteiger partial charge in [-0.15, -0.1) is 0 Å². The summed E-state index contributed by atoms with van der Waals surface area (Å²) in [4.78, 5) is 12.3. The highest BCUT2D eigenvalue weighted by Gasteiger charge is 2.33. The van der Waals surface area contributed by atoms with Crippen LogP contribution in [-0.4, -0.2) is 37.6 Å². The SMILES string of the molecule is CC(C)(C)CNC(=O)c1ccc(Br)c(OCC2COC(C)(C)O2)c1. The molecule has 1 aromatic rings. The van der Waals surface area contributed by atoms with Crippen LogP contribution in [0.25, 0.3) is 0 Å². The molecule has 6 heteroatoms. The second kappa shape index (κ2) is 7.42. The van der Waals surface area contributed by atoms with Crippen molar-refractivity contribution >= 4 is 21.8 Å². The van der Waals surface area contributed by atoms with Crippen LogP contribution in [0.15, 0.2) is 22.7 Å². The van der Waals surface area contributed by atoms with Gasteiger partial charge in [-0.3, -0.25) is 4.79 Å². The van der Waals surface area contributed by atoms with E-state index < -0.39 is 5.79 Å². The van der Waals surface area contributed by atoms with Crippen molar-refractivity contribution in [3.8, 4) is 5.75 Å². The zero-order valence-corrected chi connectivity index (χ0v) is 16.5. The molecule has 5 nitrogen and oxygen atoms in total. The van der Waals surface area contributed by atoms with Gasteiger partial charge in [0, 0.05) is 12.1 Å². The zero-order valence-electron chi connectivity index (χ0n) is 14.9. The summed E-state index contributed by atoms with van der Waals surface area (Å²) in [5.41, 5.74) is 0.609. The van der Waals surface area contributed by atoms with Crippen LogP contribution in [0, 0.1) is 5.41 Å². The Morgan fingerprint density at radius 3 is 2.71 bits per heavy atom. The Morgan fingerprint density at radius 2 is 2.12 bits per heavy atom. The molecule has 1 N–H and O–H groups in total. The molecule has 0 spiro atoms. The van der Waals surface area contributed by atoms with Crippen LogP contribution in [0.4, 0.5) is 0 Å². The largest absolute Gasteiger partial charge is 0.490 e. The molecule has 24 heavy (non-hydrogen) atoms. The molecule has 1 amide bonds. The molecule has 0 aromatic heterocycles. The molecule has 1 fully saturated rings. The number of hydrogen-bond donors (Lipinski definition) is 1. The quantitative estimate of drug-likeness (QED) is 0.818. The highest BCUT2D eigenvalue weighted by molar-refractivity contribution is 9.10. The van der Waals surface area contributed by atoms with Crippen molar-refractivity contribution in [2.45, 2.75) is 46.5 Å². The van der Waals surface area contributed by atoms with Gasteiger partial charge in [0.05, 0.1) is 11.1 Å². The fourth-order valence-electron chi connectivity index (χ4n) is 2.23. The summed E-state index contributed by atoms with van der Waals surface area (Å²) in [5.74, 6) is -0.0597. The lowest BCUT2D eigenvalue weighted by Gasteiger charge is -2.19. The lowest BCUT2D eigenvalue weighted by Crippen LogP contribution is -2.32. The first-order valence-corrected chi connectivity index (χ1v) is 8.87. The van der Waals surface area contributed by atoms with E-state index in [1.54, 1.807) is 12.1 Å². The third-order valence-electron chi connectivity index (χ3n) is 3.46. The molecule has 134 valence electrons. The highest BCUT2D eigenvalue weighted by atomic mass is 79.9. The van der Waals surface area contributed by atoms with Crippen LogP contribution >= 0.6 is 15.9 Å². The van der Waals surface area contributed by atoms with E-state index in [1.807, 2.05) is 19.9 Å². The van der Waals surface area contributed by atoms with E-state index >= 15 is 0 Å². The first kappa shape index (κ1) is 19.2. The maximum Gasteiger partial charge on any atom is 0.251 e. The van der Waals surface area contributed by atoms with Crippen LogP contribution in [0.3, 0.4) is 0 Å². The summed E-state index contributed by atoms with van der Waals surface area (Å²) in [5, 5.41) is 2.94. The van der Waals surface area contributed by atoms with Crippen molar-refractivity contribution in [1.82, 2.24) is 5.32 Å². The minimum absolute atomic E-state index is 0.0387. The fourth-order valence-corrected chi connectivity index (χ4v) is 2.59. The average molecular weight is 400 g/mol. The molecule has 1 heterocycles. The number of carbonyl (C=O) groups is 1. The lowest BCUT2D eigenvalue weighted by molar-refractivity contribution is -0.141. The Bertz CT molecular complexity index is 595. The van der Waals surface area contributed by atoms with Crippen LogP contribution < -0.4 is 10.1 Å². The zero-order chi connectivity index (χ0) is 18.0. The maximum absolute atomic E-state index is 12.3. The van der Waals surface area contributed by atoms with E-state index in [9.17, 15) is 4.79 Å². The summed E-state index contributed by atoms with van der Waals surface area (Å²) in [7, 11) is 0. The predicted molar refractivity (Wildman–Crippen MR) is 96.3 cm³/mol. The molecule has 0 aliphatic carbocycles. The number of rotatable bonds is 5. The Kier molecular flexibility index (Phi) is 5.94. The van der Waals surface area contributed by atoms with Crippen LogP contribution in [0.2, 0.25) is 0 Å². The van der Waals surface area contributed by atoms with E-state index in [0.29, 0.717) is 31.1 Å². The van der Waals surface area contributed by atoms with E-state index in [2.05, 4.69) is 42.0 Å². The van der Waals surface area contributed by atoms with Gasteiger partial charge in [0.25, 0.3) is 5.91 Å². The molecule has 1 aromatic carbocycles.